The summed E-state index contributed by atoms with van der Waals surface area (Å²) < 4.78 is 0. The van der Waals surface area contributed by atoms with Gasteiger partial charge in [-0.25, -0.2) is 0 Å². The van der Waals surface area contributed by atoms with E-state index in [2.05, 4.69) is 39.0 Å². The Bertz CT molecular complexity index is 642. The molecule has 0 radical (unpaired) electrons. The van der Waals surface area contributed by atoms with E-state index in [1.54, 1.807) is 11.1 Å². The molecule has 0 saturated heterocycles. The molecule has 1 heteroatoms. The van der Waals surface area contributed by atoms with Crippen LogP contribution in [0, 0.1) is 24.2 Å². The first-order chi connectivity index (χ1) is 10.5. The zero-order chi connectivity index (χ0) is 15.5. The number of aryl methyl sites for hydroxylation is 2. The number of nitrogen functional groups attached to an aromatic ring is 1. The van der Waals surface area contributed by atoms with Crippen molar-refractivity contribution in [1.29, 1.82) is 0 Å². The fraction of sp³-hybridized carbons (Fsp3) is 0.619. The van der Waals surface area contributed by atoms with Crippen molar-refractivity contribution >= 4 is 5.69 Å². The highest BCUT2D eigenvalue weighted by Gasteiger charge is 2.52. The third kappa shape index (κ3) is 1.84. The zero-order valence-electron chi connectivity index (χ0n) is 14.3. The van der Waals surface area contributed by atoms with Crippen molar-refractivity contribution in [1.82, 2.24) is 0 Å². The van der Waals surface area contributed by atoms with Gasteiger partial charge in [-0.15, -0.1) is 0 Å². The van der Waals surface area contributed by atoms with Gasteiger partial charge in [0.2, 0.25) is 0 Å². The van der Waals surface area contributed by atoms with Crippen LogP contribution in [-0.4, -0.2) is 0 Å². The monoisotopic (exact) mass is 295 g/mol. The Hall–Kier alpha value is -1.24. The fourth-order valence-electron chi connectivity index (χ4n) is 6.08. The number of fused-ring (bicyclic) bond motifs is 5. The van der Waals surface area contributed by atoms with E-state index in [9.17, 15) is 0 Å². The third-order valence-electron chi connectivity index (χ3n) is 7.31. The van der Waals surface area contributed by atoms with Crippen LogP contribution in [0.3, 0.4) is 0 Å². The maximum Gasteiger partial charge on any atom is 0.0346 e. The van der Waals surface area contributed by atoms with Gasteiger partial charge in [-0.3, -0.25) is 0 Å². The summed E-state index contributed by atoms with van der Waals surface area (Å²) in [5.74, 6) is 2.59. The Labute approximate surface area is 135 Å². The van der Waals surface area contributed by atoms with Crippen LogP contribution >= 0.6 is 0 Å². The summed E-state index contributed by atoms with van der Waals surface area (Å²) in [6.45, 7) is 6.97. The van der Waals surface area contributed by atoms with Gasteiger partial charge in [0.1, 0.15) is 0 Å². The van der Waals surface area contributed by atoms with Gasteiger partial charge in [0.05, 0.1) is 0 Å². The van der Waals surface area contributed by atoms with Crippen LogP contribution in [0.2, 0.25) is 0 Å². The zero-order valence-corrected chi connectivity index (χ0v) is 14.3. The molecule has 3 aliphatic rings. The highest BCUT2D eigenvalue weighted by Crippen LogP contribution is 2.62. The molecule has 3 aliphatic carbocycles. The van der Waals surface area contributed by atoms with Gasteiger partial charge in [-0.2, -0.15) is 0 Å². The molecular weight excluding hydrogens is 266 g/mol. The first-order valence-electron chi connectivity index (χ1n) is 9.09. The van der Waals surface area contributed by atoms with Gasteiger partial charge in [-0.1, -0.05) is 24.6 Å². The quantitative estimate of drug-likeness (QED) is 0.504. The van der Waals surface area contributed by atoms with E-state index in [0.717, 1.165) is 23.4 Å². The predicted octanol–water partition coefficient (Wildman–Crippen LogP) is 5.38. The van der Waals surface area contributed by atoms with Gasteiger partial charge < -0.3 is 5.73 Å². The molecule has 22 heavy (non-hydrogen) atoms. The summed E-state index contributed by atoms with van der Waals surface area (Å²) in [6, 6.07) is 4.68. The molecule has 0 spiro atoms. The van der Waals surface area contributed by atoms with Crippen LogP contribution in [0.4, 0.5) is 5.69 Å². The number of rotatable bonds is 0. The Morgan fingerprint density at radius 2 is 2.00 bits per heavy atom. The summed E-state index contributed by atoms with van der Waals surface area (Å²) in [6.07, 6.45) is 10.5. The normalized spacial score (nSPS) is 38.5. The van der Waals surface area contributed by atoms with E-state index >= 15 is 0 Å². The molecule has 118 valence electrons. The van der Waals surface area contributed by atoms with Gasteiger partial charge >= 0.3 is 0 Å². The molecule has 4 unspecified atom stereocenters. The highest BCUT2D eigenvalue weighted by atomic mass is 14.6. The molecule has 0 heterocycles. The van der Waals surface area contributed by atoms with E-state index in [0.29, 0.717) is 5.41 Å². The lowest BCUT2D eigenvalue weighted by atomic mass is 9.55. The van der Waals surface area contributed by atoms with Crippen molar-refractivity contribution in [3.63, 3.8) is 0 Å². The lowest BCUT2D eigenvalue weighted by Gasteiger charge is -2.49. The summed E-state index contributed by atoms with van der Waals surface area (Å²) in [4.78, 5) is 0. The minimum Gasteiger partial charge on any atom is -0.399 e. The van der Waals surface area contributed by atoms with Crippen LogP contribution in [0.5, 0.6) is 0 Å². The lowest BCUT2D eigenvalue weighted by Crippen LogP contribution is -2.40. The van der Waals surface area contributed by atoms with Gasteiger partial charge in [0, 0.05) is 5.69 Å². The topological polar surface area (TPSA) is 26.0 Å². The molecule has 2 fully saturated rings. The molecule has 4 atom stereocenters. The maximum absolute atomic E-state index is 6.15. The molecule has 0 bridgehead atoms. The fourth-order valence-corrected chi connectivity index (χ4v) is 6.08. The summed E-state index contributed by atoms with van der Waals surface area (Å²) >= 11 is 0. The first-order valence-corrected chi connectivity index (χ1v) is 9.09. The minimum atomic E-state index is 0.496. The Morgan fingerprint density at radius 3 is 2.77 bits per heavy atom. The average Bonchev–Trinajstić information content (AvgIpc) is 2.85. The van der Waals surface area contributed by atoms with Crippen molar-refractivity contribution in [3.05, 3.63) is 40.5 Å². The smallest absolute Gasteiger partial charge is 0.0346 e. The van der Waals surface area contributed by atoms with Crippen molar-refractivity contribution in [2.75, 3.05) is 5.73 Å². The van der Waals surface area contributed by atoms with Crippen molar-refractivity contribution in [2.45, 2.75) is 65.2 Å². The third-order valence-corrected chi connectivity index (χ3v) is 7.31. The summed E-state index contributed by atoms with van der Waals surface area (Å²) in [5, 5.41) is 0. The Morgan fingerprint density at radius 1 is 1.18 bits per heavy atom. The molecule has 4 rings (SSSR count). The van der Waals surface area contributed by atoms with Crippen molar-refractivity contribution in [2.24, 2.45) is 17.3 Å². The van der Waals surface area contributed by atoms with E-state index in [4.69, 9.17) is 5.73 Å². The number of benzene rings is 1. The van der Waals surface area contributed by atoms with Crippen molar-refractivity contribution < 1.29 is 0 Å². The second-order valence-electron chi connectivity index (χ2n) is 8.13. The van der Waals surface area contributed by atoms with Gasteiger partial charge in [0.25, 0.3) is 0 Å². The SMILES string of the molecule is C/C=C1/CCC2C3CCc4cc(N)c(C)cc4C3CCC12C. The first kappa shape index (κ1) is 14.4. The maximum atomic E-state index is 6.15. The minimum absolute atomic E-state index is 0.496. The Balaban J connectivity index is 1.73. The van der Waals surface area contributed by atoms with Crippen molar-refractivity contribution in [3.8, 4) is 0 Å². The van der Waals surface area contributed by atoms with Gasteiger partial charge in [-0.05, 0) is 98.3 Å². The molecular formula is C21H29N. The van der Waals surface area contributed by atoms with Crippen LogP contribution < -0.4 is 5.73 Å². The standard InChI is InChI=1S/C21H29N/c1-4-15-6-8-19-17-7-5-14-12-20(22)13(2)11-18(14)16(17)9-10-21(15,19)3/h4,11-12,16-17,19H,5-10,22H2,1-3H3/b15-4-. The summed E-state index contributed by atoms with van der Waals surface area (Å²) in [7, 11) is 0. The van der Waals surface area contributed by atoms with E-state index in [1.165, 1.54) is 49.7 Å². The number of hydrogen-bond acceptors (Lipinski definition) is 1. The second kappa shape index (κ2) is 4.88. The molecule has 0 aromatic heterocycles. The number of nitrogens with two attached hydrogens (primary N) is 1. The number of hydrogen-bond donors (Lipinski definition) is 1. The molecule has 1 nitrogen and oxygen atoms in total. The molecule has 2 N–H and O–H groups in total. The molecule has 1 aromatic rings. The van der Waals surface area contributed by atoms with Gasteiger partial charge in [0.15, 0.2) is 0 Å². The second-order valence-corrected chi connectivity index (χ2v) is 8.13. The number of allylic oxidation sites excluding steroid dienone is 2. The lowest BCUT2D eigenvalue weighted by molar-refractivity contribution is 0.0813. The van der Waals surface area contributed by atoms with Crippen LogP contribution in [0.15, 0.2) is 23.8 Å². The highest BCUT2D eigenvalue weighted by molar-refractivity contribution is 5.53. The molecule has 1 aromatic carbocycles. The average molecular weight is 295 g/mol. The predicted molar refractivity (Wildman–Crippen MR) is 94.0 cm³/mol. The largest absolute Gasteiger partial charge is 0.399 e. The van der Waals surface area contributed by atoms with Crippen LogP contribution in [0.25, 0.3) is 0 Å². The molecule has 0 amide bonds. The van der Waals surface area contributed by atoms with E-state index in [-0.39, 0.29) is 0 Å². The van der Waals surface area contributed by atoms with E-state index < -0.39 is 0 Å². The Kier molecular flexibility index (Phi) is 3.18. The number of anilines is 1. The van der Waals surface area contributed by atoms with E-state index in [1.807, 2.05) is 0 Å². The molecule has 2 saturated carbocycles. The van der Waals surface area contributed by atoms with Crippen LogP contribution in [-0.2, 0) is 6.42 Å². The summed E-state index contributed by atoms with van der Waals surface area (Å²) in [5.41, 5.74) is 13.8. The van der Waals surface area contributed by atoms with Crippen LogP contribution in [0.1, 0.15) is 68.6 Å². The molecule has 0 aliphatic heterocycles.